The van der Waals surface area contributed by atoms with Gasteiger partial charge >= 0.3 is 19.8 Å². The predicted octanol–water partition coefficient (Wildman–Crippen LogP) is 11.3. The molecule has 2 atom stereocenters. The molecule has 1 unspecified atom stereocenters. The third kappa shape index (κ3) is 37.5. The Morgan fingerprint density at radius 3 is 1.63 bits per heavy atom. The quantitative estimate of drug-likeness (QED) is 0.0275. The fraction of sp³-hybridized carbons (Fsp3) is 0.714. The van der Waals surface area contributed by atoms with Crippen molar-refractivity contribution >= 4 is 19.8 Å². The van der Waals surface area contributed by atoms with Crippen molar-refractivity contribution in [1.29, 1.82) is 0 Å². The lowest BCUT2D eigenvalue weighted by Crippen LogP contribution is -2.29. The number of nitrogens with two attached hydrogens (primary N) is 1. The van der Waals surface area contributed by atoms with Crippen LogP contribution in [0.15, 0.2) is 60.8 Å². The number of carbonyl (C=O) groups excluding carboxylic acids is 2. The van der Waals surface area contributed by atoms with Crippen LogP contribution in [0.5, 0.6) is 0 Å². The van der Waals surface area contributed by atoms with Crippen LogP contribution in [0.2, 0.25) is 0 Å². The van der Waals surface area contributed by atoms with Crippen LogP contribution in [0.3, 0.4) is 0 Å². The lowest BCUT2D eigenvalue weighted by molar-refractivity contribution is -0.161. The molecule has 0 aliphatic rings. The van der Waals surface area contributed by atoms with Gasteiger partial charge < -0.3 is 20.1 Å². The van der Waals surface area contributed by atoms with Gasteiger partial charge in [0.05, 0.1) is 13.2 Å². The van der Waals surface area contributed by atoms with Gasteiger partial charge in [0.25, 0.3) is 0 Å². The maximum Gasteiger partial charge on any atom is 0.472 e. The molecule has 0 fully saturated rings. The van der Waals surface area contributed by atoms with Crippen molar-refractivity contribution in [3.63, 3.8) is 0 Å². The number of allylic oxidation sites excluding steroid dienone is 10. The molecule has 0 bridgehead atoms. The molecular formula is C42H74NO8P. The zero-order valence-corrected chi connectivity index (χ0v) is 33.7. The Morgan fingerprint density at radius 2 is 1.06 bits per heavy atom. The van der Waals surface area contributed by atoms with Crippen molar-refractivity contribution in [2.75, 3.05) is 26.4 Å². The second-order valence-electron chi connectivity index (χ2n) is 13.1. The van der Waals surface area contributed by atoms with Crippen molar-refractivity contribution in [2.24, 2.45) is 5.73 Å². The first-order valence-electron chi connectivity index (χ1n) is 20.3. The third-order valence-electron chi connectivity index (χ3n) is 8.14. The molecule has 10 heteroatoms. The molecule has 0 heterocycles. The number of phosphoric ester groups is 1. The minimum atomic E-state index is -4.39. The summed E-state index contributed by atoms with van der Waals surface area (Å²) in [5.74, 6) is -0.892. The first-order valence-corrected chi connectivity index (χ1v) is 21.8. The number of esters is 2. The average Bonchev–Trinajstić information content (AvgIpc) is 3.13. The summed E-state index contributed by atoms with van der Waals surface area (Å²) < 4.78 is 32.7. The van der Waals surface area contributed by atoms with E-state index in [-0.39, 0.29) is 32.6 Å². The Kier molecular flexibility index (Phi) is 36.7. The Labute approximate surface area is 317 Å². The summed E-state index contributed by atoms with van der Waals surface area (Å²) in [6.07, 6.45) is 44.0. The number of hydrogen-bond donors (Lipinski definition) is 2. The van der Waals surface area contributed by atoms with Gasteiger partial charge in [-0.05, 0) is 77.0 Å². The molecule has 0 aliphatic carbocycles. The lowest BCUT2D eigenvalue weighted by atomic mass is 10.1. The van der Waals surface area contributed by atoms with E-state index in [0.717, 1.165) is 70.6 Å². The largest absolute Gasteiger partial charge is 0.472 e. The minimum Gasteiger partial charge on any atom is -0.462 e. The fourth-order valence-corrected chi connectivity index (χ4v) is 5.91. The number of carbonyl (C=O) groups is 2. The van der Waals surface area contributed by atoms with Gasteiger partial charge in [0.15, 0.2) is 6.10 Å². The highest BCUT2D eigenvalue weighted by Crippen LogP contribution is 2.43. The lowest BCUT2D eigenvalue weighted by Gasteiger charge is -2.19. The molecule has 0 spiro atoms. The van der Waals surface area contributed by atoms with Crippen LogP contribution in [0.4, 0.5) is 0 Å². The van der Waals surface area contributed by atoms with E-state index < -0.39 is 32.5 Å². The highest BCUT2D eigenvalue weighted by atomic mass is 31.2. The Morgan fingerprint density at radius 1 is 0.596 bits per heavy atom. The molecule has 0 aromatic heterocycles. The van der Waals surface area contributed by atoms with Crippen LogP contribution in [-0.2, 0) is 32.7 Å². The zero-order valence-electron chi connectivity index (χ0n) is 32.8. The maximum absolute atomic E-state index is 12.5. The van der Waals surface area contributed by atoms with Crippen LogP contribution in [0.1, 0.15) is 162 Å². The standard InChI is InChI=1S/C42H74NO8P/c1-3-5-7-9-11-13-15-17-19-21-23-25-27-29-31-33-35-42(45)51-40(39-50-52(46,47)49-37-36-43)38-48-41(44)34-32-30-28-26-24-22-20-18-16-14-12-10-8-6-4-2/h6,8,12,14,18-21,24,26,40H,3-5,7,9-11,13,15-17,22-23,25,27-39,43H2,1-2H3,(H,46,47)/b8-6-,14-12-,20-18-,21-19-,26-24-/t40-/m1/s1. The van der Waals surface area contributed by atoms with Crippen molar-refractivity contribution in [2.45, 2.75) is 168 Å². The molecule has 0 aliphatic heterocycles. The van der Waals surface area contributed by atoms with Crippen LogP contribution in [0, 0.1) is 0 Å². The second-order valence-corrected chi connectivity index (χ2v) is 14.6. The van der Waals surface area contributed by atoms with E-state index in [4.69, 9.17) is 24.3 Å². The van der Waals surface area contributed by atoms with Gasteiger partial charge in [-0.1, -0.05) is 132 Å². The molecular weight excluding hydrogens is 677 g/mol. The molecule has 0 aromatic rings. The fourth-order valence-electron chi connectivity index (χ4n) is 5.15. The van der Waals surface area contributed by atoms with Gasteiger partial charge in [-0.15, -0.1) is 0 Å². The van der Waals surface area contributed by atoms with E-state index in [1.54, 1.807) is 0 Å². The normalized spacial score (nSPS) is 14.0. The summed E-state index contributed by atoms with van der Waals surface area (Å²) in [6, 6.07) is 0. The molecule has 3 N–H and O–H groups in total. The first-order chi connectivity index (χ1) is 25.3. The van der Waals surface area contributed by atoms with E-state index in [1.165, 1.54) is 51.4 Å². The molecule has 0 saturated carbocycles. The molecule has 0 saturated heterocycles. The van der Waals surface area contributed by atoms with E-state index in [9.17, 15) is 19.0 Å². The summed E-state index contributed by atoms with van der Waals surface area (Å²) >= 11 is 0. The number of rotatable bonds is 37. The van der Waals surface area contributed by atoms with E-state index in [2.05, 4.69) is 74.6 Å². The molecule has 52 heavy (non-hydrogen) atoms. The zero-order chi connectivity index (χ0) is 38.2. The summed E-state index contributed by atoms with van der Waals surface area (Å²) in [5.41, 5.74) is 5.33. The Hall–Kier alpha value is -2.29. The van der Waals surface area contributed by atoms with Crippen LogP contribution in [-0.4, -0.2) is 49.3 Å². The first kappa shape index (κ1) is 49.7. The SMILES string of the molecule is CC/C=C\C/C=C\C/C=C\C/C=C\CCCCC(=O)OC[C@H](COP(=O)(O)OCCN)OC(=O)CCCCCCC/C=C\CCCCCCCCC. The van der Waals surface area contributed by atoms with Crippen molar-refractivity contribution in [3.05, 3.63) is 60.8 Å². The summed E-state index contributed by atoms with van der Waals surface area (Å²) in [5, 5.41) is 0. The molecule has 0 rings (SSSR count). The van der Waals surface area contributed by atoms with E-state index in [1.807, 2.05) is 0 Å². The molecule has 0 aromatic carbocycles. The van der Waals surface area contributed by atoms with Gasteiger partial charge in [-0.2, -0.15) is 0 Å². The topological polar surface area (TPSA) is 134 Å². The minimum absolute atomic E-state index is 0.0439. The molecule has 300 valence electrons. The number of phosphoric acid groups is 1. The summed E-state index contributed by atoms with van der Waals surface area (Å²) in [7, 11) is -4.39. The highest BCUT2D eigenvalue weighted by molar-refractivity contribution is 7.47. The smallest absolute Gasteiger partial charge is 0.462 e. The second kappa shape index (κ2) is 38.4. The van der Waals surface area contributed by atoms with Gasteiger partial charge in [0, 0.05) is 19.4 Å². The summed E-state index contributed by atoms with van der Waals surface area (Å²) in [4.78, 5) is 34.8. The molecule has 9 nitrogen and oxygen atoms in total. The number of unbranched alkanes of at least 4 members (excludes halogenated alkanes) is 14. The number of hydrogen-bond acceptors (Lipinski definition) is 8. The molecule has 0 radical (unpaired) electrons. The van der Waals surface area contributed by atoms with Gasteiger partial charge in [0.2, 0.25) is 0 Å². The monoisotopic (exact) mass is 752 g/mol. The Bertz CT molecular complexity index is 1040. The average molecular weight is 752 g/mol. The van der Waals surface area contributed by atoms with Crippen molar-refractivity contribution in [1.82, 2.24) is 0 Å². The Balaban J connectivity index is 4.28. The van der Waals surface area contributed by atoms with E-state index >= 15 is 0 Å². The van der Waals surface area contributed by atoms with Crippen LogP contribution < -0.4 is 5.73 Å². The maximum atomic E-state index is 12.5. The number of ether oxygens (including phenoxy) is 2. The van der Waals surface area contributed by atoms with Gasteiger partial charge in [-0.3, -0.25) is 18.6 Å². The van der Waals surface area contributed by atoms with Gasteiger partial charge in [0.1, 0.15) is 6.61 Å². The summed E-state index contributed by atoms with van der Waals surface area (Å²) in [6.45, 7) is 3.54. The molecule has 0 amide bonds. The van der Waals surface area contributed by atoms with Crippen molar-refractivity contribution < 1.29 is 37.6 Å². The van der Waals surface area contributed by atoms with Crippen molar-refractivity contribution in [3.8, 4) is 0 Å². The van der Waals surface area contributed by atoms with E-state index in [0.29, 0.717) is 12.8 Å². The van der Waals surface area contributed by atoms with Crippen LogP contribution in [0.25, 0.3) is 0 Å². The highest BCUT2D eigenvalue weighted by Gasteiger charge is 2.25. The third-order valence-corrected chi connectivity index (χ3v) is 9.12. The predicted molar refractivity (Wildman–Crippen MR) is 215 cm³/mol. The van der Waals surface area contributed by atoms with Crippen LogP contribution >= 0.6 is 7.82 Å². The van der Waals surface area contributed by atoms with Gasteiger partial charge in [-0.25, -0.2) is 4.57 Å².